The summed E-state index contributed by atoms with van der Waals surface area (Å²) >= 11 is 0. The standard InChI is InChI=1S/C29H24N4O5/c34-22-9-13-24(14-10-22)38-23-11-7-20(8-12-23)29(36)32-31-16-21-18-33(27-6-2-1-5-26(21)27)19-28(35)30-17-25-4-3-15-37-25/h1-16,18,34H,17,19H2,(H,30,35)(H,32,36). The number of aromatic nitrogens is 1. The van der Waals surface area contributed by atoms with E-state index in [4.69, 9.17) is 9.15 Å². The van der Waals surface area contributed by atoms with E-state index in [2.05, 4.69) is 15.8 Å². The number of benzene rings is 3. The highest BCUT2D eigenvalue weighted by Crippen LogP contribution is 2.24. The number of phenolic OH excluding ortho intramolecular Hbond substituents is 1. The smallest absolute Gasteiger partial charge is 0.271 e. The van der Waals surface area contributed by atoms with Gasteiger partial charge in [-0.3, -0.25) is 9.59 Å². The van der Waals surface area contributed by atoms with Crippen LogP contribution in [0.4, 0.5) is 0 Å². The molecule has 38 heavy (non-hydrogen) atoms. The van der Waals surface area contributed by atoms with Gasteiger partial charge < -0.3 is 24.1 Å². The van der Waals surface area contributed by atoms with Crippen molar-refractivity contribution >= 4 is 28.9 Å². The maximum atomic E-state index is 12.6. The fraction of sp³-hybridized carbons (Fsp3) is 0.0690. The normalized spacial score (nSPS) is 11.1. The van der Waals surface area contributed by atoms with E-state index < -0.39 is 0 Å². The van der Waals surface area contributed by atoms with Gasteiger partial charge in [0.1, 0.15) is 29.6 Å². The molecule has 2 heterocycles. The molecule has 3 N–H and O–H groups in total. The Balaban J connectivity index is 1.21. The van der Waals surface area contributed by atoms with Gasteiger partial charge in [0, 0.05) is 28.2 Å². The van der Waals surface area contributed by atoms with Crippen molar-refractivity contribution in [3.8, 4) is 17.2 Å². The summed E-state index contributed by atoms with van der Waals surface area (Å²) in [7, 11) is 0. The lowest BCUT2D eigenvalue weighted by Gasteiger charge is -2.06. The van der Waals surface area contributed by atoms with Crippen LogP contribution >= 0.6 is 0 Å². The largest absolute Gasteiger partial charge is 0.508 e. The van der Waals surface area contributed by atoms with E-state index in [0.717, 1.165) is 16.5 Å². The van der Waals surface area contributed by atoms with Gasteiger partial charge in [-0.05, 0) is 66.7 Å². The monoisotopic (exact) mass is 508 g/mol. The van der Waals surface area contributed by atoms with Crippen LogP contribution in [0.1, 0.15) is 21.7 Å². The number of nitrogens with zero attached hydrogens (tertiary/aromatic N) is 2. The van der Waals surface area contributed by atoms with E-state index in [9.17, 15) is 14.7 Å². The van der Waals surface area contributed by atoms with Crippen LogP contribution in [0.5, 0.6) is 17.2 Å². The molecule has 0 aliphatic rings. The number of carbonyl (C=O) groups is 2. The Bertz CT molecular complexity index is 1570. The van der Waals surface area contributed by atoms with Gasteiger partial charge >= 0.3 is 0 Å². The minimum atomic E-state index is -0.376. The second kappa shape index (κ2) is 11.2. The van der Waals surface area contributed by atoms with Crippen molar-refractivity contribution in [2.45, 2.75) is 13.1 Å². The first kappa shape index (κ1) is 24.4. The molecule has 0 bridgehead atoms. The highest BCUT2D eigenvalue weighted by molar-refractivity contribution is 6.01. The number of fused-ring (bicyclic) bond motifs is 1. The Morgan fingerprint density at radius 2 is 1.68 bits per heavy atom. The lowest BCUT2D eigenvalue weighted by Crippen LogP contribution is -2.26. The minimum absolute atomic E-state index is 0.125. The van der Waals surface area contributed by atoms with Crippen molar-refractivity contribution in [3.05, 3.63) is 114 Å². The van der Waals surface area contributed by atoms with Gasteiger partial charge in [0.05, 0.1) is 19.0 Å². The average Bonchev–Trinajstić information content (AvgIpc) is 3.58. The summed E-state index contributed by atoms with van der Waals surface area (Å²) < 4.78 is 12.8. The fourth-order valence-corrected chi connectivity index (χ4v) is 3.87. The topological polar surface area (TPSA) is 118 Å². The second-order valence-corrected chi connectivity index (χ2v) is 8.41. The third-order valence-electron chi connectivity index (χ3n) is 5.73. The van der Waals surface area contributed by atoms with E-state index in [1.54, 1.807) is 61.0 Å². The molecule has 0 saturated heterocycles. The average molecular weight is 509 g/mol. The lowest BCUT2D eigenvalue weighted by atomic mass is 10.2. The molecule has 0 unspecified atom stereocenters. The highest BCUT2D eigenvalue weighted by atomic mass is 16.5. The first-order chi connectivity index (χ1) is 18.5. The Hall–Kier alpha value is -5.31. The number of nitrogens with one attached hydrogen (secondary N) is 2. The molecule has 9 heteroatoms. The molecule has 5 aromatic rings. The van der Waals surface area contributed by atoms with Crippen molar-refractivity contribution in [3.63, 3.8) is 0 Å². The number of amides is 2. The van der Waals surface area contributed by atoms with Crippen molar-refractivity contribution in [1.29, 1.82) is 0 Å². The zero-order valence-corrected chi connectivity index (χ0v) is 20.2. The molecular weight excluding hydrogens is 484 g/mol. The molecule has 3 aromatic carbocycles. The molecule has 0 radical (unpaired) electrons. The van der Waals surface area contributed by atoms with Gasteiger partial charge in [-0.2, -0.15) is 5.10 Å². The summed E-state index contributed by atoms with van der Waals surface area (Å²) in [5.41, 5.74) is 4.58. The van der Waals surface area contributed by atoms with Gasteiger partial charge in [0.2, 0.25) is 5.91 Å². The predicted octanol–water partition coefficient (Wildman–Crippen LogP) is 4.81. The summed E-state index contributed by atoms with van der Waals surface area (Å²) in [5.74, 6) is 1.42. The molecule has 2 aromatic heterocycles. The Kier molecular flexibility index (Phi) is 7.17. The van der Waals surface area contributed by atoms with E-state index >= 15 is 0 Å². The van der Waals surface area contributed by atoms with E-state index in [1.165, 1.54) is 12.1 Å². The fourth-order valence-electron chi connectivity index (χ4n) is 3.87. The maximum Gasteiger partial charge on any atom is 0.271 e. The molecule has 0 fully saturated rings. The number of phenols is 1. The number of aromatic hydroxyl groups is 1. The molecule has 0 aliphatic carbocycles. The van der Waals surface area contributed by atoms with Gasteiger partial charge in [-0.15, -0.1) is 0 Å². The summed E-state index contributed by atoms with van der Waals surface area (Å²) in [6.07, 6.45) is 4.94. The van der Waals surface area contributed by atoms with Crippen molar-refractivity contribution in [1.82, 2.24) is 15.3 Å². The van der Waals surface area contributed by atoms with Crippen LogP contribution in [0, 0.1) is 0 Å². The molecule has 2 amide bonds. The lowest BCUT2D eigenvalue weighted by molar-refractivity contribution is -0.121. The Morgan fingerprint density at radius 3 is 2.42 bits per heavy atom. The van der Waals surface area contributed by atoms with E-state index in [-0.39, 0.29) is 24.1 Å². The summed E-state index contributed by atoms with van der Waals surface area (Å²) in [5, 5.41) is 17.2. The molecule has 5 rings (SSSR count). The number of hydrogen-bond donors (Lipinski definition) is 3. The first-order valence-corrected chi connectivity index (χ1v) is 11.8. The maximum absolute atomic E-state index is 12.6. The van der Waals surface area contributed by atoms with Crippen molar-refractivity contribution < 1.29 is 23.8 Å². The summed E-state index contributed by atoms with van der Waals surface area (Å²) in [6, 6.07) is 24.2. The van der Waals surface area contributed by atoms with Crippen LogP contribution in [-0.4, -0.2) is 27.7 Å². The van der Waals surface area contributed by atoms with Crippen LogP contribution in [0.3, 0.4) is 0 Å². The first-order valence-electron chi connectivity index (χ1n) is 11.8. The molecule has 0 saturated carbocycles. The number of furan rings is 1. The zero-order valence-electron chi connectivity index (χ0n) is 20.2. The third-order valence-corrected chi connectivity index (χ3v) is 5.73. The molecule has 9 nitrogen and oxygen atoms in total. The minimum Gasteiger partial charge on any atom is -0.508 e. The number of ether oxygens (including phenoxy) is 1. The second-order valence-electron chi connectivity index (χ2n) is 8.41. The van der Waals surface area contributed by atoms with E-state index in [1.807, 2.05) is 35.0 Å². The van der Waals surface area contributed by atoms with Crippen LogP contribution in [0.2, 0.25) is 0 Å². The molecule has 0 atom stereocenters. The zero-order chi connectivity index (χ0) is 26.3. The van der Waals surface area contributed by atoms with Crippen LogP contribution in [0.25, 0.3) is 10.9 Å². The van der Waals surface area contributed by atoms with Crippen LogP contribution < -0.4 is 15.5 Å². The van der Waals surface area contributed by atoms with Gasteiger partial charge in [0.25, 0.3) is 5.91 Å². The molecule has 0 aliphatic heterocycles. The number of hydrazone groups is 1. The SMILES string of the molecule is O=C(Cn1cc(C=NNC(=O)c2ccc(Oc3ccc(O)cc3)cc2)c2ccccc21)NCc1ccco1. The number of carbonyl (C=O) groups excluding carboxylic acids is 2. The predicted molar refractivity (Wildman–Crippen MR) is 142 cm³/mol. The third kappa shape index (κ3) is 5.90. The highest BCUT2D eigenvalue weighted by Gasteiger charge is 2.11. The van der Waals surface area contributed by atoms with Crippen LogP contribution in [0.15, 0.2) is 107 Å². The summed E-state index contributed by atoms with van der Waals surface area (Å²) in [4.78, 5) is 25.0. The van der Waals surface area contributed by atoms with Gasteiger partial charge in [0.15, 0.2) is 0 Å². The number of para-hydroxylation sites is 1. The molecule has 190 valence electrons. The summed E-state index contributed by atoms with van der Waals surface area (Å²) in [6.45, 7) is 0.440. The number of rotatable bonds is 9. The van der Waals surface area contributed by atoms with Crippen molar-refractivity contribution in [2.24, 2.45) is 5.10 Å². The quantitative estimate of drug-likeness (QED) is 0.195. The Labute approximate surface area is 218 Å². The van der Waals surface area contributed by atoms with Gasteiger partial charge in [-0.1, -0.05) is 18.2 Å². The Morgan fingerprint density at radius 1 is 0.947 bits per heavy atom. The molecule has 0 spiro atoms. The van der Waals surface area contributed by atoms with Gasteiger partial charge in [-0.25, -0.2) is 5.43 Å². The van der Waals surface area contributed by atoms with E-state index in [0.29, 0.717) is 29.4 Å². The number of hydrogen-bond acceptors (Lipinski definition) is 6. The van der Waals surface area contributed by atoms with Crippen LogP contribution in [-0.2, 0) is 17.9 Å². The van der Waals surface area contributed by atoms with Crippen molar-refractivity contribution in [2.75, 3.05) is 0 Å². The molecular formula is C29H24N4O5.